The van der Waals surface area contributed by atoms with E-state index in [0.29, 0.717) is 48.8 Å². The summed E-state index contributed by atoms with van der Waals surface area (Å²) in [6.45, 7) is 0.213. The van der Waals surface area contributed by atoms with Crippen molar-refractivity contribution in [2.45, 2.75) is 37.9 Å². The first-order chi connectivity index (χ1) is 19.4. The number of carbonyl (C=O) groups excluding carboxylic acids is 1. The van der Waals surface area contributed by atoms with Gasteiger partial charge in [-0.1, -0.05) is 0 Å². The normalized spacial score (nSPS) is 18.0. The smallest absolute Gasteiger partial charge is 0.396 e. The molecule has 1 aliphatic heterocycles. The highest BCUT2D eigenvalue weighted by atomic mass is 19.4. The van der Waals surface area contributed by atoms with E-state index >= 15 is 0 Å². The lowest BCUT2D eigenvalue weighted by Gasteiger charge is -2.40. The molecule has 1 saturated carbocycles. The number of hydrogen-bond donors (Lipinski definition) is 3. The Kier molecular flexibility index (Phi) is 7.49. The Hall–Kier alpha value is -3.65. The van der Waals surface area contributed by atoms with Crippen molar-refractivity contribution in [2.75, 3.05) is 31.2 Å². The van der Waals surface area contributed by atoms with Crippen LogP contribution in [0, 0.1) is 28.8 Å². The lowest BCUT2D eigenvalue weighted by atomic mass is 9.80. The summed E-state index contributed by atoms with van der Waals surface area (Å²) in [7, 11) is 0. The number of nitrogens with one attached hydrogen (secondary N) is 1. The van der Waals surface area contributed by atoms with Gasteiger partial charge in [-0.05, 0) is 43.7 Å². The number of alkyl halides is 3. The van der Waals surface area contributed by atoms with Gasteiger partial charge in [-0.2, -0.15) is 13.2 Å². The summed E-state index contributed by atoms with van der Waals surface area (Å²) in [5.41, 5.74) is -3.70. The first kappa shape index (κ1) is 28.9. The van der Waals surface area contributed by atoms with Gasteiger partial charge in [0.05, 0.1) is 18.6 Å². The molecule has 0 radical (unpaired) electrons. The van der Waals surface area contributed by atoms with Crippen molar-refractivity contribution in [3.05, 3.63) is 63.7 Å². The largest absolute Gasteiger partial charge is 0.408 e. The molecule has 3 heterocycles. The van der Waals surface area contributed by atoms with Crippen LogP contribution in [0.25, 0.3) is 16.7 Å². The Morgan fingerprint density at radius 2 is 1.68 bits per heavy atom. The molecule has 0 bridgehead atoms. The first-order valence-electron chi connectivity index (χ1n) is 12.9. The summed E-state index contributed by atoms with van der Waals surface area (Å²) in [6.07, 6.45) is -2.81. The Morgan fingerprint density at radius 1 is 1.07 bits per heavy atom. The maximum absolute atomic E-state index is 14.9. The Labute approximate surface area is 229 Å². The number of amides is 1. The monoisotopic (exact) mass is 584 g/mol. The van der Waals surface area contributed by atoms with Gasteiger partial charge in [0.25, 0.3) is 5.91 Å². The van der Waals surface area contributed by atoms with Gasteiger partial charge in [0.15, 0.2) is 17.3 Å². The van der Waals surface area contributed by atoms with E-state index in [1.165, 1.54) is 12.1 Å². The van der Waals surface area contributed by atoms with E-state index in [1.807, 2.05) is 5.32 Å². The highest BCUT2D eigenvalue weighted by Crippen LogP contribution is 2.40. The zero-order valence-corrected chi connectivity index (χ0v) is 21.5. The van der Waals surface area contributed by atoms with Crippen LogP contribution in [0.5, 0.6) is 0 Å². The molecular formula is C27H26F6N4O4. The lowest BCUT2D eigenvalue weighted by Crippen LogP contribution is -2.48. The number of benzene rings is 1. The van der Waals surface area contributed by atoms with Crippen molar-refractivity contribution in [3.8, 4) is 5.69 Å². The number of carbonyl (C=O) groups is 1. The predicted molar refractivity (Wildman–Crippen MR) is 135 cm³/mol. The van der Waals surface area contributed by atoms with Crippen molar-refractivity contribution in [3.63, 3.8) is 0 Å². The highest BCUT2D eigenvalue weighted by molar-refractivity contribution is 5.97. The molecule has 1 aromatic carbocycles. The molecule has 2 aromatic heterocycles. The molecule has 5 rings (SSSR count). The van der Waals surface area contributed by atoms with E-state index < -0.39 is 63.6 Å². The number of aliphatic hydroxyl groups is 2. The summed E-state index contributed by atoms with van der Waals surface area (Å²) in [4.78, 5) is 32.5. The molecule has 1 aliphatic carbocycles. The molecular weight excluding hydrogens is 558 g/mol. The number of fused-ring (bicyclic) bond motifs is 1. The third-order valence-electron chi connectivity index (χ3n) is 7.85. The van der Waals surface area contributed by atoms with Gasteiger partial charge in [-0.25, -0.2) is 18.2 Å². The van der Waals surface area contributed by atoms with Gasteiger partial charge < -0.3 is 20.4 Å². The number of halogens is 6. The summed E-state index contributed by atoms with van der Waals surface area (Å²) in [5.74, 6) is -5.99. The second-order valence-corrected chi connectivity index (χ2v) is 10.6. The molecule has 2 fully saturated rings. The summed E-state index contributed by atoms with van der Waals surface area (Å²) in [5, 5.41) is 20.9. The van der Waals surface area contributed by atoms with Crippen LogP contribution in [0.15, 0.2) is 35.3 Å². The maximum Gasteiger partial charge on any atom is 0.408 e. The van der Waals surface area contributed by atoms with Crippen LogP contribution in [-0.2, 0) is 0 Å². The zero-order chi connectivity index (χ0) is 29.7. The number of nitrogens with zero attached hydrogens (tertiary/aromatic N) is 3. The second-order valence-electron chi connectivity index (χ2n) is 10.6. The Morgan fingerprint density at radius 3 is 2.22 bits per heavy atom. The zero-order valence-electron chi connectivity index (χ0n) is 21.5. The number of aliphatic hydroxyl groups excluding tert-OH is 2. The fraction of sp³-hybridized carbons (Fsp3) is 0.444. The summed E-state index contributed by atoms with van der Waals surface area (Å²) >= 11 is 0. The number of anilines is 1. The van der Waals surface area contributed by atoms with Gasteiger partial charge in [-0.3, -0.25) is 14.2 Å². The molecule has 41 heavy (non-hydrogen) atoms. The van der Waals surface area contributed by atoms with Crippen LogP contribution in [0.2, 0.25) is 0 Å². The molecule has 0 spiro atoms. The second kappa shape index (κ2) is 10.6. The van der Waals surface area contributed by atoms with Crippen LogP contribution in [0.3, 0.4) is 0 Å². The minimum absolute atomic E-state index is 0.230. The van der Waals surface area contributed by atoms with Crippen LogP contribution in [-0.4, -0.2) is 64.2 Å². The number of hydrogen-bond acceptors (Lipinski definition) is 6. The average molecular weight is 585 g/mol. The van der Waals surface area contributed by atoms with Crippen LogP contribution in [0.1, 0.15) is 36.0 Å². The van der Waals surface area contributed by atoms with Gasteiger partial charge in [-0.15, -0.1) is 0 Å². The maximum atomic E-state index is 14.9. The third-order valence-corrected chi connectivity index (χ3v) is 7.85. The van der Waals surface area contributed by atoms with Gasteiger partial charge >= 0.3 is 6.18 Å². The number of aromatic nitrogens is 2. The van der Waals surface area contributed by atoms with Crippen LogP contribution in [0.4, 0.5) is 32.2 Å². The average Bonchev–Trinajstić information content (AvgIpc) is 3.76. The van der Waals surface area contributed by atoms with Crippen molar-refractivity contribution in [2.24, 2.45) is 11.3 Å². The van der Waals surface area contributed by atoms with E-state index in [2.05, 4.69) is 4.98 Å². The molecule has 14 heteroatoms. The molecule has 1 amide bonds. The fourth-order valence-corrected chi connectivity index (χ4v) is 5.16. The molecule has 3 aromatic rings. The molecule has 220 valence electrons. The SMILES string of the molecule is O=C(NC(C1CC1)C(F)(F)F)c1cn(-c2c(F)cc(F)cc2F)c2nc(N3CCC(CO)(CO)CC3)ccc2c1=O. The third kappa shape index (κ3) is 5.49. The summed E-state index contributed by atoms with van der Waals surface area (Å²) in [6, 6.07) is 1.22. The van der Waals surface area contributed by atoms with E-state index in [1.54, 1.807) is 4.90 Å². The molecule has 3 N–H and O–H groups in total. The quantitative estimate of drug-likeness (QED) is 0.368. The van der Waals surface area contributed by atoms with Crippen molar-refractivity contribution >= 4 is 22.8 Å². The number of pyridine rings is 2. The van der Waals surface area contributed by atoms with Crippen molar-refractivity contribution in [1.29, 1.82) is 0 Å². The Balaban J connectivity index is 1.63. The van der Waals surface area contributed by atoms with E-state index in [4.69, 9.17) is 0 Å². The van der Waals surface area contributed by atoms with Crippen LogP contribution < -0.4 is 15.6 Å². The minimum Gasteiger partial charge on any atom is -0.396 e. The highest BCUT2D eigenvalue weighted by Gasteiger charge is 2.50. The van der Waals surface area contributed by atoms with Gasteiger partial charge in [0, 0.05) is 36.8 Å². The van der Waals surface area contributed by atoms with E-state index in [9.17, 15) is 46.1 Å². The summed E-state index contributed by atoms with van der Waals surface area (Å²) < 4.78 is 85.0. The molecule has 1 atom stereocenters. The topological polar surface area (TPSA) is 108 Å². The molecule has 1 saturated heterocycles. The molecule has 1 unspecified atom stereocenters. The fourth-order valence-electron chi connectivity index (χ4n) is 5.16. The van der Waals surface area contributed by atoms with Crippen molar-refractivity contribution < 1.29 is 41.4 Å². The Bertz CT molecular complexity index is 1520. The standard InChI is InChI=1S/C27H26F6N4O4/c28-15-9-18(29)21(19(30)10-15)37-11-17(25(41)35-23(14-1-2-14)27(31,32)33)22(40)16-3-4-20(34-24(16)37)36-7-5-26(12-38,13-39)6-8-36/h3-4,9-11,14,23,38-39H,1-2,5-8,12-13H2,(H,35,41). The lowest BCUT2D eigenvalue weighted by molar-refractivity contribution is -0.158. The first-order valence-corrected chi connectivity index (χ1v) is 12.9. The molecule has 8 nitrogen and oxygen atoms in total. The van der Waals surface area contributed by atoms with E-state index in [-0.39, 0.29) is 42.9 Å². The molecule has 2 aliphatic rings. The van der Waals surface area contributed by atoms with Crippen molar-refractivity contribution in [1.82, 2.24) is 14.9 Å². The number of piperidine rings is 1. The minimum atomic E-state index is -4.78. The van der Waals surface area contributed by atoms with E-state index in [0.717, 1.165) is 0 Å². The number of rotatable bonds is 7. The van der Waals surface area contributed by atoms with Crippen LogP contribution >= 0.6 is 0 Å². The predicted octanol–water partition coefficient (Wildman–Crippen LogP) is 3.44. The van der Waals surface area contributed by atoms with Gasteiger partial charge in [0.1, 0.15) is 28.9 Å². The van der Waals surface area contributed by atoms with Gasteiger partial charge in [0.2, 0.25) is 5.43 Å².